The predicted octanol–water partition coefficient (Wildman–Crippen LogP) is 3.92. The second-order valence-electron chi connectivity index (χ2n) is 4.97. The van der Waals surface area contributed by atoms with Gasteiger partial charge in [-0.25, -0.2) is 8.78 Å². The van der Waals surface area contributed by atoms with Gasteiger partial charge in [-0.1, -0.05) is 20.8 Å². The standard InChI is InChI=1S/C13H17BrF2O/c1-8(2)13(3,7-17)6-9-11(15)5-4-10(14)12(9)16/h4-5,8,17H,6-7H2,1-3H3. The Hall–Kier alpha value is -0.480. The average molecular weight is 307 g/mol. The second kappa shape index (κ2) is 5.44. The number of benzene rings is 1. The van der Waals surface area contributed by atoms with Gasteiger partial charge in [0.1, 0.15) is 11.6 Å². The van der Waals surface area contributed by atoms with Crippen LogP contribution in [0.4, 0.5) is 8.78 Å². The van der Waals surface area contributed by atoms with E-state index in [0.29, 0.717) is 0 Å². The fourth-order valence-electron chi connectivity index (χ4n) is 1.58. The van der Waals surface area contributed by atoms with Crippen LogP contribution in [0.2, 0.25) is 0 Å². The van der Waals surface area contributed by atoms with Gasteiger partial charge in [-0.15, -0.1) is 0 Å². The Labute approximate surface area is 109 Å². The van der Waals surface area contributed by atoms with E-state index in [0.717, 1.165) is 0 Å². The van der Waals surface area contributed by atoms with Crippen LogP contribution in [0.1, 0.15) is 26.3 Å². The van der Waals surface area contributed by atoms with Gasteiger partial charge in [0, 0.05) is 12.2 Å². The lowest BCUT2D eigenvalue weighted by atomic mass is 9.75. The Morgan fingerprint density at radius 1 is 1.35 bits per heavy atom. The summed E-state index contributed by atoms with van der Waals surface area (Å²) in [5.74, 6) is -1.01. The van der Waals surface area contributed by atoms with Crippen LogP contribution < -0.4 is 0 Å². The highest BCUT2D eigenvalue weighted by Crippen LogP contribution is 2.34. The van der Waals surface area contributed by atoms with Crippen LogP contribution in [-0.4, -0.2) is 11.7 Å². The molecule has 96 valence electrons. The van der Waals surface area contributed by atoms with Gasteiger partial charge in [-0.05, 0) is 45.8 Å². The summed E-state index contributed by atoms with van der Waals surface area (Å²) < 4.78 is 27.7. The molecular formula is C13H17BrF2O. The molecule has 0 heterocycles. The molecule has 0 radical (unpaired) electrons. The molecular weight excluding hydrogens is 290 g/mol. The van der Waals surface area contributed by atoms with Crippen LogP contribution in [0.5, 0.6) is 0 Å². The number of halogens is 3. The van der Waals surface area contributed by atoms with Gasteiger partial charge in [0.05, 0.1) is 4.47 Å². The highest BCUT2D eigenvalue weighted by atomic mass is 79.9. The van der Waals surface area contributed by atoms with Gasteiger partial charge < -0.3 is 5.11 Å². The van der Waals surface area contributed by atoms with E-state index in [-0.39, 0.29) is 29.0 Å². The molecule has 0 aliphatic heterocycles. The zero-order chi connectivity index (χ0) is 13.2. The maximum absolute atomic E-state index is 13.8. The van der Waals surface area contributed by atoms with E-state index in [1.54, 1.807) is 0 Å². The summed E-state index contributed by atoms with van der Waals surface area (Å²) in [6.45, 7) is 5.60. The first-order chi connectivity index (χ1) is 7.81. The third-order valence-electron chi connectivity index (χ3n) is 3.47. The summed E-state index contributed by atoms with van der Waals surface area (Å²) in [5, 5.41) is 9.41. The minimum Gasteiger partial charge on any atom is -0.396 e. The number of aliphatic hydroxyl groups is 1. The first kappa shape index (κ1) is 14.6. The molecule has 0 aliphatic rings. The van der Waals surface area contributed by atoms with Crippen molar-refractivity contribution >= 4 is 15.9 Å². The van der Waals surface area contributed by atoms with Crippen molar-refractivity contribution in [1.29, 1.82) is 0 Å². The zero-order valence-corrected chi connectivity index (χ0v) is 11.8. The zero-order valence-electron chi connectivity index (χ0n) is 10.2. The fourth-order valence-corrected chi connectivity index (χ4v) is 1.95. The molecule has 1 rings (SSSR count). The highest BCUT2D eigenvalue weighted by molar-refractivity contribution is 9.10. The Balaban J connectivity index is 3.14. The van der Waals surface area contributed by atoms with Gasteiger partial charge in [0.15, 0.2) is 0 Å². The molecule has 1 nitrogen and oxygen atoms in total. The summed E-state index contributed by atoms with van der Waals surface area (Å²) in [5.41, 5.74) is -0.493. The third-order valence-corrected chi connectivity index (χ3v) is 4.09. The van der Waals surface area contributed by atoms with Crippen molar-refractivity contribution in [3.8, 4) is 0 Å². The van der Waals surface area contributed by atoms with Gasteiger partial charge in [-0.2, -0.15) is 0 Å². The largest absolute Gasteiger partial charge is 0.396 e. The number of rotatable bonds is 4. The van der Waals surface area contributed by atoms with Crippen LogP contribution in [0.25, 0.3) is 0 Å². The first-order valence-electron chi connectivity index (χ1n) is 5.55. The lowest BCUT2D eigenvalue weighted by molar-refractivity contribution is 0.0928. The lowest BCUT2D eigenvalue weighted by Gasteiger charge is -2.32. The Morgan fingerprint density at radius 3 is 2.41 bits per heavy atom. The summed E-state index contributed by atoms with van der Waals surface area (Å²) in [6.07, 6.45) is 0.179. The number of aliphatic hydroxyl groups excluding tert-OH is 1. The van der Waals surface area contributed by atoms with E-state index in [1.807, 2.05) is 20.8 Å². The van der Waals surface area contributed by atoms with Crippen molar-refractivity contribution in [2.45, 2.75) is 27.2 Å². The first-order valence-corrected chi connectivity index (χ1v) is 6.34. The van der Waals surface area contributed by atoms with Crippen molar-refractivity contribution in [3.63, 3.8) is 0 Å². The smallest absolute Gasteiger partial charge is 0.143 e. The van der Waals surface area contributed by atoms with Crippen molar-refractivity contribution in [2.24, 2.45) is 11.3 Å². The van der Waals surface area contributed by atoms with Crippen molar-refractivity contribution in [3.05, 3.63) is 33.8 Å². The van der Waals surface area contributed by atoms with Crippen LogP contribution in [-0.2, 0) is 6.42 Å². The number of hydrogen-bond donors (Lipinski definition) is 1. The number of hydrogen-bond acceptors (Lipinski definition) is 1. The molecule has 1 N–H and O–H groups in total. The van der Waals surface area contributed by atoms with Gasteiger partial charge in [0.25, 0.3) is 0 Å². The molecule has 1 aromatic rings. The van der Waals surface area contributed by atoms with Crippen molar-refractivity contribution in [1.82, 2.24) is 0 Å². The maximum Gasteiger partial charge on any atom is 0.143 e. The fraction of sp³-hybridized carbons (Fsp3) is 0.538. The molecule has 0 amide bonds. The van der Waals surface area contributed by atoms with Gasteiger partial charge in [-0.3, -0.25) is 0 Å². The summed E-state index contributed by atoms with van der Waals surface area (Å²) >= 11 is 3.04. The molecule has 0 aliphatic carbocycles. The quantitative estimate of drug-likeness (QED) is 0.836. The van der Waals surface area contributed by atoms with Gasteiger partial charge in [0.2, 0.25) is 0 Å². The van der Waals surface area contributed by atoms with Crippen molar-refractivity contribution < 1.29 is 13.9 Å². The molecule has 0 bridgehead atoms. The van der Waals surface area contributed by atoms with E-state index in [9.17, 15) is 13.9 Å². The minimum atomic E-state index is -0.578. The topological polar surface area (TPSA) is 20.2 Å². The summed E-state index contributed by atoms with van der Waals surface area (Å²) in [4.78, 5) is 0. The Morgan fingerprint density at radius 2 is 1.94 bits per heavy atom. The minimum absolute atomic E-state index is 0.0321. The predicted molar refractivity (Wildman–Crippen MR) is 67.8 cm³/mol. The highest BCUT2D eigenvalue weighted by Gasteiger charge is 2.30. The van der Waals surface area contributed by atoms with E-state index in [1.165, 1.54) is 12.1 Å². The summed E-state index contributed by atoms with van der Waals surface area (Å²) in [7, 11) is 0. The van der Waals surface area contributed by atoms with E-state index >= 15 is 0 Å². The van der Waals surface area contributed by atoms with Crippen molar-refractivity contribution in [2.75, 3.05) is 6.61 Å². The molecule has 0 saturated heterocycles. The van der Waals surface area contributed by atoms with Gasteiger partial charge >= 0.3 is 0 Å². The van der Waals surface area contributed by atoms with E-state index in [4.69, 9.17) is 0 Å². The molecule has 0 aromatic heterocycles. The molecule has 0 saturated carbocycles. The van der Waals surface area contributed by atoms with Crippen LogP contribution in [0.15, 0.2) is 16.6 Å². The monoisotopic (exact) mass is 306 g/mol. The SMILES string of the molecule is CC(C)C(C)(CO)Cc1c(F)ccc(Br)c1F. The van der Waals surface area contributed by atoms with Crippen LogP contribution in [0.3, 0.4) is 0 Å². The average Bonchev–Trinajstić information content (AvgIpc) is 2.29. The Kier molecular flexibility index (Phi) is 4.67. The molecule has 1 atom stereocenters. The molecule has 1 unspecified atom stereocenters. The molecule has 1 aromatic carbocycles. The molecule has 4 heteroatoms. The molecule has 0 fully saturated rings. The molecule has 0 spiro atoms. The van der Waals surface area contributed by atoms with Crippen LogP contribution >= 0.6 is 15.9 Å². The molecule has 17 heavy (non-hydrogen) atoms. The maximum atomic E-state index is 13.8. The van der Waals surface area contributed by atoms with E-state index in [2.05, 4.69) is 15.9 Å². The van der Waals surface area contributed by atoms with E-state index < -0.39 is 17.0 Å². The summed E-state index contributed by atoms with van der Waals surface area (Å²) in [6, 6.07) is 2.58. The lowest BCUT2D eigenvalue weighted by Crippen LogP contribution is -2.31. The third kappa shape index (κ3) is 3.05. The normalized spacial score (nSPS) is 15.1. The second-order valence-corrected chi connectivity index (χ2v) is 5.82. The van der Waals surface area contributed by atoms with Crippen LogP contribution in [0, 0.1) is 23.0 Å². The Bertz CT molecular complexity index is 407.